The van der Waals surface area contributed by atoms with E-state index in [0.29, 0.717) is 24.2 Å². The van der Waals surface area contributed by atoms with Crippen molar-refractivity contribution in [2.24, 2.45) is 0 Å². The van der Waals surface area contributed by atoms with Gasteiger partial charge in [0.25, 0.3) is 5.91 Å². The molecule has 0 atom stereocenters. The number of benzene rings is 1. The number of carbonyl (C=O) groups is 2. The lowest BCUT2D eigenvalue weighted by Crippen LogP contribution is -2.27. The Kier molecular flexibility index (Phi) is 4.74. The molecule has 2 aromatic heterocycles. The molecule has 0 aliphatic carbocycles. The summed E-state index contributed by atoms with van der Waals surface area (Å²) in [6.45, 7) is 5.86. The highest BCUT2D eigenvalue weighted by Crippen LogP contribution is 2.21. The number of rotatable bonds is 6. The van der Waals surface area contributed by atoms with E-state index >= 15 is 0 Å². The molecular weight excluding hydrogens is 314 g/mol. The average Bonchev–Trinajstić information content (AvgIpc) is 3.15. The number of ketones is 1. The maximum atomic E-state index is 12.5. The predicted octanol–water partition coefficient (Wildman–Crippen LogP) is 3.54. The van der Waals surface area contributed by atoms with Crippen molar-refractivity contribution in [3.63, 3.8) is 0 Å². The fourth-order valence-electron chi connectivity index (χ4n) is 3.44. The zero-order valence-corrected chi connectivity index (χ0v) is 14.8. The number of H-pyrrole nitrogens is 2. The highest BCUT2D eigenvalue weighted by Gasteiger charge is 2.21. The third kappa shape index (κ3) is 3.22. The van der Waals surface area contributed by atoms with Crippen molar-refractivity contribution >= 4 is 22.6 Å². The Morgan fingerprint density at radius 3 is 2.68 bits per heavy atom. The molecule has 0 saturated heterocycles. The fraction of sp³-hybridized carbons (Fsp3) is 0.300. The first kappa shape index (κ1) is 17.0. The van der Waals surface area contributed by atoms with Crippen molar-refractivity contribution in [1.82, 2.24) is 15.3 Å². The average molecular weight is 337 g/mol. The molecule has 130 valence electrons. The summed E-state index contributed by atoms with van der Waals surface area (Å²) >= 11 is 0. The van der Waals surface area contributed by atoms with Gasteiger partial charge in [0, 0.05) is 34.9 Å². The number of carbonyl (C=O) groups excluding carboxylic acids is 2. The van der Waals surface area contributed by atoms with E-state index in [0.717, 1.165) is 23.2 Å². The van der Waals surface area contributed by atoms with Crippen LogP contribution in [0.15, 0.2) is 30.5 Å². The van der Waals surface area contributed by atoms with Gasteiger partial charge in [0.05, 0.1) is 0 Å². The minimum absolute atomic E-state index is 0.0107. The molecule has 0 aliphatic heterocycles. The number of nitrogens with one attached hydrogen (secondary N) is 3. The van der Waals surface area contributed by atoms with Crippen LogP contribution in [0.2, 0.25) is 0 Å². The second-order valence-electron chi connectivity index (χ2n) is 6.25. The number of Topliss-reactive ketones (excluding diaryl/α,β-unsaturated/α-hetero) is 1. The largest absolute Gasteiger partial charge is 0.361 e. The lowest BCUT2D eigenvalue weighted by Gasteiger charge is -2.06. The quantitative estimate of drug-likeness (QED) is 0.602. The molecule has 5 nitrogen and oxygen atoms in total. The SMILES string of the molecule is CCc1c(C(=O)NCCc2c[nH]c3ccccc23)[nH]c(C)c1C(C)=O. The highest BCUT2D eigenvalue weighted by molar-refractivity contribution is 6.02. The number of fused-ring (bicyclic) bond motifs is 1. The normalized spacial score (nSPS) is 11.0. The van der Waals surface area contributed by atoms with Gasteiger partial charge in [0.1, 0.15) is 5.69 Å². The molecule has 25 heavy (non-hydrogen) atoms. The van der Waals surface area contributed by atoms with Crippen LogP contribution in [0.3, 0.4) is 0 Å². The van der Waals surface area contributed by atoms with Crippen molar-refractivity contribution in [2.45, 2.75) is 33.6 Å². The van der Waals surface area contributed by atoms with Crippen LogP contribution in [0.1, 0.15) is 51.5 Å². The summed E-state index contributed by atoms with van der Waals surface area (Å²) in [6, 6.07) is 8.12. The molecule has 0 radical (unpaired) electrons. The van der Waals surface area contributed by atoms with Crippen LogP contribution in [-0.2, 0) is 12.8 Å². The van der Waals surface area contributed by atoms with Gasteiger partial charge in [0.15, 0.2) is 5.78 Å². The number of aryl methyl sites for hydroxylation is 1. The predicted molar refractivity (Wildman–Crippen MR) is 99.2 cm³/mol. The Balaban J connectivity index is 1.71. The minimum Gasteiger partial charge on any atom is -0.361 e. The van der Waals surface area contributed by atoms with Gasteiger partial charge in [-0.1, -0.05) is 25.1 Å². The highest BCUT2D eigenvalue weighted by atomic mass is 16.2. The Morgan fingerprint density at radius 2 is 1.96 bits per heavy atom. The standard InChI is InChI=1S/C20H23N3O2/c1-4-15-18(13(3)24)12(2)23-19(15)20(25)21-10-9-14-11-22-17-8-6-5-7-16(14)17/h5-8,11,22-23H,4,9-10H2,1-3H3,(H,21,25). The molecule has 0 fully saturated rings. The monoisotopic (exact) mass is 337 g/mol. The first-order chi connectivity index (χ1) is 12.0. The molecule has 1 aromatic carbocycles. The first-order valence-electron chi connectivity index (χ1n) is 8.58. The van der Waals surface area contributed by atoms with E-state index < -0.39 is 0 Å². The zero-order valence-electron chi connectivity index (χ0n) is 14.8. The van der Waals surface area contributed by atoms with Gasteiger partial charge in [-0.05, 0) is 43.9 Å². The maximum Gasteiger partial charge on any atom is 0.268 e. The number of aromatic nitrogens is 2. The topological polar surface area (TPSA) is 77.8 Å². The van der Waals surface area contributed by atoms with Gasteiger partial charge in [0.2, 0.25) is 0 Å². The molecule has 3 rings (SSSR count). The molecule has 0 saturated carbocycles. The van der Waals surface area contributed by atoms with Crippen LogP contribution in [0.25, 0.3) is 10.9 Å². The summed E-state index contributed by atoms with van der Waals surface area (Å²) in [6.07, 6.45) is 3.38. The second-order valence-corrected chi connectivity index (χ2v) is 6.25. The molecule has 0 bridgehead atoms. The van der Waals surface area contributed by atoms with E-state index in [4.69, 9.17) is 0 Å². The Morgan fingerprint density at radius 1 is 1.20 bits per heavy atom. The third-order valence-corrected chi connectivity index (χ3v) is 4.58. The lowest BCUT2D eigenvalue weighted by atomic mass is 10.0. The molecule has 5 heteroatoms. The number of hydrogen-bond donors (Lipinski definition) is 3. The van der Waals surface area contributed by atoms with E-state index in [1.807, 2.05) is 38.2 Å². The van der Waals surface area contributed by atoms with E-state index in [2.05, 4.69) is 21.4 Å². The van der Waals surface area contributed by atoms with Crippen molar-refractivity contribution < 1.29 is 9.59 Å². The summed E-state index contributed by atoms with van der Waals surface area (Å²) < 4.78 is 0. The minimum atomic E-state index is -0.160. The molecule has 0 spiro atoms. The van der Waals surface area contributed by atoms with Gasteiger partial charge < -0.3 is 15.3 Å². The molecule has 0 aliphatic rings. The zero-order chi connectivity index (χ0) is 18.0. The van der Waals surface area contributed by atoms with E-state index in [1.54, 1.807) is 0 Å². The Hall–Kier alpha value is -2.82. The van der Waals surface area contributed by atoms with Crippen LogP contribution < -0.4 is 5.32 Å². The van der Waals surface area contributed by atoms with E-state index in [9.17, 15) is 9.59 Å². The molecule has 1 amide bonds. The summed E-state index contributed by atoms with van der Waals surface area (Å²) in [5.41, 5.74) is 4.98. The molecular formula is C20H23N3O2. The Labute approximate surface area is 146 Å². The van der Waals surface area contributed by atoms with Crippen molar-refractivity contribution in [3.05, 3.63) is 58.5 Å². The van der Waals surface area contributed by atoms with Crippen LogP contribution in [-0.4, -0.2) is 28.2 Å². The van der Waals surface area contributed by atoms with Crippen molar-refractivity contribution in [3.8, 4) is 0 Å². The van der Waals surface area contributed by atoms with Gasteiger partial charge >= 0.3 is 0 Å². The number of para-hydroxylation sites is 1. The van der Waals surface area contributed by atoms with Crippen LogP contribution in [0.4, 0.5) is 0 Å². The summed E-state index contributed by atoms with van der Waals surface area (Å²) in [7, 11) is 0. The van der Waals surface area contributed by atoms with E-state index in [-0.39, 0.29) is 11.7 Å². The lowest BCUT2D eigenvalue weighted by molar-refractivity contribution is 0.0948. The smallest absolute Gasteiger partial charge is 0.268 e. The second kappa shape index (κ2) is 6.97. The maximum absolute atomic E-state index is 12.5. The summed E-state index contributed by atoms with van der Waals surface area (Å²) in [4.78, 5) is 30.7. The van der Waals surface area contributed by atoms with Crippen LogP contribution in [0, 0.1) is 6.92 Å². The molecule has 3 N–H and O–H groups in total. The van der Waals surface area contributed by atoms with Crippen molar-refractivity contribution in [1.29, 1.82) is 0 Å². The van der Waals surface area contributed by atoms with Gasteiger partial charge in [-0.15, -0.1) is 0 Å². The Bertz CT molecular complexity index is 934. The molecule has 3 aromatic rings. The van der Waals surface area contributed by atoms with E-state index in [1.165, 1.54) is 17.9 Å². The first-order valence-corrected chi connectivity index (χ1v) is 8.58. The number of hydrogen-bond acceptors (Lipinski definition) is 2. The van der Waals surface area contributed by atoms with Gasteiger partial charge in [-0.3, -0.25) is 9.59 Å². The number of amides is 1. The van der Waals surface area contributed by atoms with Crippen LogP contribution >= 0.6 is 0 Å². The van der Waals surface area contributed by atoms with Gasteiger partial charge in [-0.25, -0.2) is 0 Å². The molecule has 2 heterocycles. The fourth-order valence-corrected chi connectivity index (χ4v) is 3.44. The number of aromatic amines is 2. The summed E-state index contributed by atoms with van der Waals surface area (Å²) in [5.74, 6) is -0.171. The molecule has 0 unspecified atom stereocenters. The summed E-state index contributed by atoms with van der Waals surface area (Å²) in [5, 5.41) is 4.14. The van der Waals surface area contributed by atoms with Crippen molar-refractivity contribution in [2.75, 3.05) is 6.54 Å². The van der Waals surface area contributed by atoms with Crippen LogP contribution in [0.5, 0.6) is 0 Å². The third-order valence-electron chi connectivity index (χ3n) is 4.58. The van der Waals surface area contributed by atoms with Gasteiger partial charge in [-0.2, -0.15) is 0 Å².